The molecule has 0 heterocycles. The van der Waals surface area contributed by atoms with Crippen LogP contribution in [-0.2, 0) is 9.53 Å². The fraction of sp³-hybridized carbons (Fsp3) is 0.909. The summed E-state index contributed by atoms with van der Waals surface area (Å²) >= 11 is 0. The Morgan fingerprint density at radius 1 is 1.47 bits per heavy atom. The third kappa shape index (κ3) is 7.33. The van der Waals surface area contributed by atoms with E-state index in [4.69, 9.17) is 9.84 Å². The summed E-state index contributed by atoms with van der Waals surface area (Å²) < 4.78 is 5.43. The fourth-order valence-electron chi connectivity index (χ4n) is 1.45. The van der Waals surface area contributed by atoms with Crippen molar-refractivity contribution in [1.82, 2.24) is 5.32 Å². The van der Waals surface area contributed by atoms with Gasteiger partial charge in [0.25, 0.3) is 0 Å². The first-order chi connectivity index (χ1) is 7.11. The number of likely N-dealkylation sites (N-methyl/N-ethyl adjacent to an activating group) is 1. The lowest BCUT2D eigenvalue weighted by Gasteiger charge is -2.13. The molecule has 0 saturated heterocycles. The number of carbonyl (C=O) groups is 1. The number of hydrogen-bond acceptors (Lipinski definition) is 3. The highest BCUT2D eigenvalue weighted by Crippen LogP contribution is 2.05. The molecule has 0 radical (unpaired) electrons. The molecule has 0 aliphatic rings. The monoisotopic (exact) mass is 217 g/mol. The summed E-state index contributed by atoms with van der Waals surface area (Å²) in [5.41, 5.74) is 0. The molecule has 2 atom stereocenters. The van der Waals surface area contributed by atoms with Gasteiger partial charge >= 0.3 is 5.97 Å². The molecule has 15 heavy (non-hydrogen) atoms. The molecular formula is C11H23NO3. The molecule has 2 unspecified atom stereocenters. The van der Waals surface area contributed by atoms with Gasteiger partial charge < -0.3 is 15.2 Å². The zero-order valence-electron chi connectivity index (χ0n) is 9.95. The van der Waals surface area contributed by atoms with Crippen LogP contribution in [0.2, 0.25) is 0 Å². The van der Waals surface area contributed by atoms with E-state index >= 15 is 0 Å². The van der Waals surface area contributed by atoms with Crippen LogP contribution in [0.1, 0.15) is 33.1 Å². The minimum atomic E-state index is -0.817. The van der Waals surface area contributed by atoms with Crippen molar-refractivity contribution >= 4 is 5.97 Å². The third-order valence-corrected chi connectivity index (χ3v) is 2.38. The largest absolute Gasteiger partial charge is 0.480 e. The molecule has 0 aromatic carbocycles. The maximum absolute atomic E-state index is 10.6. The Morgan fingerprint density at radius 2 is 2.13 bits per heavy atom. The lowest BCUT2D eigenvalue weighted by Crippen LogP contribution is -2.34. The highest BCUT2D eigenvalue weighted by atomic mass is 16.5. The van der Waals surface area contributed by atoms with Crippen LogP contribution in [0.25, 0.3) is 0 Å². The predicted octanol–water partition coefficient (Wildman–Crippen LogP) is 1.50. The molecule has 0 spiro atoms. The minimum absolute atomic E-state index is 0.494. The van der Waals surface area contributed by atoms with Gasteiger partial charge in [0.05, 0.1) is 0 Å². The number of carboxylic acid groups (broad SMARTS) is 1. The molecule has 90 valence electrons. The number of rotatable bonds is 9. The van der Waals surface area contributed by atoms with Crippen LogP contribution >= 0.6 is 0 Å². The van der Waals surface area contributed by atoms with Crippen LogP contribution in [0.15, 0.2) is 0 Å². The lowest BCUT2D eigenvalue weighted by atomic mass is 10.1. The fourth-order valence-corrected chi connectivity index (χ4v) is 1.45. The van der Waals surface area contributed by atoms with Gasteiger partial charge in [0, 0.05) is 13.2 Å². The Kier molecular flexibility index (Phi) is 8.33. The number of aliphatic carboxylic acids is 1. The number of hydrogen-bond donors (Lipinski definition) is 2. The van der Waals surface area contributed by atoms with Crippen molar-refractivity contribution < 1.29 is 14.6 Å². The number of nitrogens with one attached hydrogen (secondary N) is 1. The predicted molar refractivity (Wildman–Crippen MR) is 60.0 cm³/mol. The Morgan fingerprint density at radius 3 is 2.60 bits per heavy atom. The van der Waals surface area contributed by atoms with Crippen molar-refractivity contribution in [2.45, 2.75) is 39.2 Å². The normalized spacial score (nSPS) is 14.9. The molecule has 0 amide bonds. The second kappa shape index (κ2) is 8.68. The van der Waals surface area contributed by atoms with Crippen LogP contribution < -0.4 is 5.32 Å². The van der Waals surface area contributed by atoms with Gasteiger partial charge in [0.15, 0.2) is 0 Å². The molecule has 0 aromatic heterocycles. The zero-order valence-corrected chi connectivity index (χ0v) is 9.95. The molecule has 4 nitrogen and oxygen atoms in total. The van der Waals surface area contributed by atoms with Gasteiger partial charge in [-0.05, 0) is 25.8 Å². The first-order valence-electron chi connectivity index (χ1n) is 5.59. The molecule has 2 N–H and O–H groups in total. The van der Waals surface area contributed by atoms with E-state index in [1.54, 1.807) is 7.05 Å². The topological polar surface area (TPSA) is 58.6 Å². The van der Waals surface area contributed by atoms with Crippen molar-refractivity contribution in [3.63, 3.8) is 0 Å². The first-order valence-corrected chi connectivity index (χ1v) is 5.59. The molecule has 4 heteroatoms. The van der Waals surface area contributed by atoms with E-state index in [0.29, 0.717) is 18.9 Å². The smallest absolute Gasteiger partial charge is 0.320 e. The van der Waals surface area contributed by atoms with Gasteiger partial charge in [-0.2, -0.15) is 0 Å². The van der Waals surface area contributed by atoms with Crippen molar-refractivity contribution in [2.24, 2.45) is 5.92 Å². The molecule has 0 aliphatic carbocycles. The summed E-state index contributed by atoms with van der Waals surface area (Å²) in [5, 5.41) is 11.5. The Hall–Kier alpha value is -0.610. The van der Waals surface area contributed by atoms with Crippen molar-refractivity contribution in [2.75, 3.05) is 20.3 Å². The van der Waals surface area contributed by atoms with E-state index < -0.39 is 12.0 Å². The van der Waals surface area contributed by atoms with E-state index in [-0.39, 0.29) is 0 Å². The molecule has 0 saturated carbocycles. The van der Waals surface area contributed by atoms with Gasteiger partial charge in [0.1, 0.15) is 6.04 Å². The van der Waals surface area contributed by atoms with Crippen LogP contribution in [0.5, 0.6) is 0 Å². The van der Waals surface area contributed by atoms with Crippen LogP contribution in [0, 0.1) is 5.92 Å². The first kappa shape index (κ1) is 14.4. The van der Waals surface area contributed by atoms with Crippen molar-refractivity contribution in [3.05, 3.63) is 0 Å². The summed E-state index contributed by atoms with van der Waals surface area (Å²) in [6, 6.07) is -0.494. The van der Waals surface area contributed by atoms with E-state index in [1.165, 1.54) is 6.42 Å². The van der Waals surface area contributed by atoms with Crippen molar-refractivity contribution in [1.29, 1.82) is 0 Å². The van der Waals surface area contributed by atoms with E-state index in [9.17, 15) is 4.79 Å². The Balaban J connectivity index is 3.48. The Bertz CT molecular complexity index is 173. The van der Waals surface area contributed by atoms with Crippen molar-refractivity contribution in [3.8, 4) is 0 Å². The van der Waals surface area contributed by atoms with E-state index in [2.05, 4.69) is 19.2 Å². The summed E-state index contributed by atoms with van der Waals surface area (Å²) in [6.07, 6.45) is 2.85. The van der Waals surface area contributed by atoms with Gasteiger partial charge in [-0.25, -0.2) is 0 Å². The zero-order chi connectivity index (χ0) is 11.7. The maximum Gasteiger partial charge on any atom is 0.320 e. The van der Waals surface area contributed by atoms with Gasteiger partial charge in [0.2, 0.25) is 0 Å². The number of carboxylic acids is 1. The number of ether oxygens (including phenoxy) is 1. The Labute approximate surface area is 92.0 Å². The third-order valence-electron chi connectivity index (χ3n) is 2.38. The SMILES string of the molecule is CCCC(C)COCCC(NC)C(=O)O. The quantitative estimate of drug-likeness (QED) is 0.575. The van der Waals surface area contributed by atoms with Gasteiger partial charge in [-0.3, -0.25) is 4.79 Å². The average molecular weight is 217 g/mol. The highest BCUT2D eigenvalue weighted by molar-refractivity contribution is 5.73. The molecule has 0 aliphatic heterocycles. The summed E-state index contributed by atoms with van der Waals surface area (Å²) in [6.45, 7) is 5.53. The lowest BCUT2D eigenvalue weighted by molar-refractivity contribution is -0.139. The second-order valence-corrected chi connectivity index (χ2v) is 3.94. The summed E-state index contributed by atoms with van der Waals surface area (Å²) in [5.74, 6) is -0.254. The van der Waals surface area contributed by atoms with Gasteiger partial charge in [-0.15, -0.1) is 0 Å². The highest BCUT2D eigenvalue weighted by Gasteiger charge is 2.13. The van der Waals surface area contributed by atoms with Gasteiger partial charge in [-0.1, -0.05) is 20.3 Å². The average Bonchev–Trinajstić information content (AvgIpc) is 2.17. The van der Waals surface area contributed by atoms with Crippen LogP contribution in [0.4, 0.5) is 0 Å². The molecule has 0 rings (SSSR count). The van der Waals surface area contributed by atoms with Crippen LogP contribution in [-0.4, -0.2) is 37.4 Å². The molecule has 0 fully saturated rings. The van der Waals surface area contributed by atoms with E-state index in [1.807, 2.05) is 0 Å². The molecular weight excluding hydrogens is 194 g/mol. The maximum atomic E-state index is 10.6. The second-order valence-electron chi connectivity index (χ2n) is 3.94. The molecule has 0 bridgehead atoms. The summed E-state index contributed by atoms with van der Waals surface area (Å²) in [4.78, 5) is 10.6. The minimum Gasteiger partial charge on any atom is -0.480 e. The standard InChI is InChI=1S/C11H23NO3/c1-4-5-9(2)8-15-7-6-10(12-3)11(13)14/h9-10,12H,4-8H2,1-3H3,(H,13,14). The molecule has 0 aromatic rings. The van der Waals surface area contributed by atoms with E-state index in [0.717, 1.165) is 13.0 Å². The van der Waals surface area contributed by atoms with Crippen LogP contribution in [0.3, 0.4) is 0 Å². The summed E-state index contributed by atoms with van der Waals surface area (Å²) in [7, 11) is 1.65.